The van der Waals surface area contributed by atoms with Gasteiger partial charge in [-0.15, -0.1) is 0 Å². The summed E-state index contributed by atoms with van der Waals surface area (Å²) in [6, 6.07) is 8.00. The number of aliphatic hydroxyl groups excluding tert-OH is 1. The first-order chi connectivity index (χ1) is 20.4. The summed E-state index contributed by atoms with van der Waals surface area (Å²) in [4.78, 5) is 42.4. The molecule has 234 valence electrons. The van der Waals surface area contributed by atoms with E-state index in [0.29, 0.717) is 5.69 Å². The van der Waals surface area contributed by atoms with E-state index in [1.54, 1.807) is 37.1 Å². The molecule has 0 aromatic heterocycles. The van der Waals surface area contributed by atoms with Gasteiger partial charge in [0, 0.05) is 36.8 Å². The van der Waals surface area contributed by atoms with Crippen molar-refractivity contribution in [3.63, 3.8) is 0 Å². The Bertz CT molecular complexity index is 1300. The van der Waals surface area contributed by atoms with Crippen molar-refractivity contribution < 1.29 is 37.4 Å². The highest BCUT2D eigenvalue weighted by Crippen LogP contribution is 2.32. The van der Waals surface area contributed by atoms with Gasteiger partial charge in [0.15, 0.2) is 0 Å². The second kappa shape index (κ2) is 13.7. The first-order valence-electron chi connectivity index (χ1n) is 14.6. The summed E-state index contributed by atoms with van der Waals surface area (Å²) in [6.07, 6.45) is -0.241. The number of hydrogen-bond acceptors (Lipinski definition) is 5. The van der Waals surface area contributed by atoms with E-state index in [9.17, 15) is 32.7 Å². The van der Waals surface area contributed by atoms with E-state index in [1.807, 2.05) is 6.92 Å². The minimum atomic E-state index is -4.48. The Morgan fingerprint density at radius 3 is 2.35 bits per heavy atom. The lowest BCUT2D eigenvalue weighted by Crippen LogP contribution is -2.50. The number of carbonyl (C=O) groups is 3. The Hall–Kier alpha value is -3.80. The van der Waals surface area contributed by atoms with Crippen LogP contribution in [0.25, 0.3) is 0 Å². The average molecular weight is 605 g/mol. The third-order valence-corrected chi connectivity index (χ3v) is 8.17. The Kier molecular flexibility index (Phi) is 10.2. The molecule has 3 N–H and O–H groups in total. The van der Waals surface area contributed by atoms with E-state index < -0.39 is 29.9 Å². The second-order valence-corrected chi connectivity index (χ2v) is 11.5. The summed E-state index contributed by atoms with van der Waals surface area (Å²) in [6.45, 7) is 3.69. The summed E-state index contributed by atoms with van der Waals surface area (Å²) < 4.78 is 45.0. The predicted octanol–water partition coefficient (Wildman–Crippen LogP) is 5.61. The van der Waals surface area contributed by atoms with Gasteiger partial charge in [0.25, 0.3) is 5.91 Å². The number of ether oxygens (including phenoxy) is 1. The number of carbonyl (C=O) groups excluding carboxylic acids is 3. The van der Waals surface area contributed by atoms with Crippen molar-refractivity contribution in [3.8, 4) is 5.75 Å². The quantitative estimate of drug-likeness (QED) is 0.381. The van der Waals surface area contributed by atoms with Crippen molar-refractivity contribution >= 4 is 29.2 Å². The first kappa shape index (κ1) is 32.1. The molecule has 0 bridgehead atoms. The average Bonchev–Trinajstić information content (AvgIpc) is 2.99. The Labute approximate surface area is 249 Å². The smallest absolute Gasteiger partial charge is 0.416 e. The number of hydrogen-bond donors (Lipinski definition) is 3. The molecule has 9 nitrogen and oxygen atoms in total. The Morgan fingerprint density at radius 2 is 1.72 bits per heavy atom. The van der Waals surface area contributed by atoms with Gasteiger partial charge in [0.05, 0.1) is 30.3 Å². The van der Waals surface area contributed by atoms with Crippen molar-refractivity contribution in [1.82, 2.24) is 9.80 Å². The van der Waals surface area contributed by atoms with Gasteiger partial charge >= 0.3 is 12.2 Å². The minimum Gasteiger partial charge on any atom is -0.487 e. The lowest BCUT2D eigenvalue weighted by molar-refractivity contribution is -0.137. The molecule has 4 rings (SSSR count). The monoisotopic (exact) mass is 604 g/mol. The summed E-state index contributed by atoms with van der Waals surface area (Å²) >= 11 is 0. The SMILES string of the molecule is C[C@H](CO)N1C[C@H](C)[C@H](CN(C)C(=O)Nc2ccc(C(F)(F)F)cc2)Oc2ccc(NC(=O)C3CCCCC3)cc2C1=O. The van der Waals surface area contributed by atoms with Crippen molar-refractivity contribution in [2.45, 2.75) is 64.3 Å². The van der Waals surface area contributed by atoms with Crippen LogP contribution in [0.4, 0.5) is 29.3 Å². The number of benzene rings is 2. The molecular formula is C31H39F3N4O5. The van der Waals surface area contributed by atoms with E-state index in [2.05, 4.69) is 10.6 Å². The van der Waals surface area contributed by atoms with Crippen LogP contribution < -0.4 is 15.4 Å². The van der Waals surface area contributed by atoms with E-state index in [0.717, 1.165) is 44.2 Å². The number of amides is 4. The van der Waals surface area contributed by atoms with Crippen LogP contribution in [0.2, 0.25) is 0 Å². The van der Waals surface area contributed by atoms with Gasteiger partial charge < -0.3 is 30.3 Å². The number of nitrogens with one attached hydrogen (secondary N) is 2. The maximum atomic E-state index is 13.7. The van der Waals surface area contributed by atoms with Crippen LogP contribution >= 0.6 is 0 Å². The molecule has 1 aliphatic carbocycles. The fraction of sp³-hybridized carbons (Fsp3) is 0.516. The maximum absolute atomic E-state index is 13.7. The van der Waals surface area contributed by atoms with Crippen molar-refractivity contribution in [2.75, 3.05) is 37.4 Å². The van der Waals surface area contributed by atoms with Gasteiger partial charge in [-0.1, -0.05) is 26.2 Å². The lowest BCUT2D eigenvalue weighted by Gasteiger charge is -2.38. The van der Waals surface area contributed by atoms with Crippen molar-refractivity contribution in [3.05, 3.63) is 53.6 Å². The summed E-state index contributed by atoms with van der Waals surface area (Å²) in [7, 11) is 1.54. The van der Waals surface area contributed by atoms with Gasteiger partial charge in [0.1, 0.15) is 11.9 Å². The largest absolute Gasteiger partial charge is 0.487 e. The molecular weight excluding hydrogens is 565 g/mol. The van der Waals surface area contributed by atoms with Gasteiger partial charge in [-0.3, -0.25) is 9.59 Å². The number of fused-ring (bicyclic) bond motifs is 1. The van der Waals surface area contributed by atoms with Gasteiger partial charge in [0.2, 0.25) is 5.91 Å². The maximum Gasteiger partial charge on any atom is 0.416 e. The van der Waals surface area contributed by atoms with E-state index >= 15 is 0 Å². The standard InChI is InChI=1S/C31H39F3N4O5/c1-19-16-38(20(2)18-39)29(41)25-15-24(35-28(40)21-7-5-4-6-8-21)13-14-26(25)43-27(19)17-37(3)30(42)36-23-11-9-22(10-12-23)31(32,33)34/h9-15,19-21,27,39H,4-8,16-18H2,1-3H3,(H,35,40)(H,36,42)/t19-,20+,27-/m0/s1. The molecule has 4 amide bonds. The molecule has 0 radical (unpaired) electrons. The number of likely N-dealkylation sites (N-methyl/N-ethyl adjacent to an activating group) is 1. The third-order valence-electron chi connectivity index (χ3n) is 8.17. The fourth-order valence-corrected chi connectivity index (χ4v) is 5.44. The summed E-state index contributed by atoms with van der Waals surface area (Å²) in [5, 5.41) is 15.4. The highest BCUT2D eigenvalue weighted by molar-refractivity contribution is 6.00. The molecule has 12 heteroatoms. The molecule has 0 saturated heterocycles. The van der Waals surface area contributed by atoms with Gasteiger partial charge in [-0.05, 0) is 62.2 Å². The highest BCUT2D eigenvalue weighted by atomic mass is 19.4. The molecule has 2 aromatic rings. The minimum absolute atomic E-state index is 0.0666. The van der Waals surface area contributed by atoms with E-state index in [1.165, 1.54) is 17.0 Å². The molecule has 2 aliphatic rings. The predicted molar refractivity (Wildman–Crippen MR) is 156 cm³/mol. The normalized spacial score (nSPS) is 20.3. The number of urea groups is 1. The number of anilines is 2. The molecule has 2 aromatic carbocycles. The van der Waals surface area contributed by atoms with Gasteiger partial charge in [-0.25, -0.2) is 4.79 Å². The highest BCUT2D eigenvalue weighted by Gasteiger charge is 2.35. The van der Waals surface area contributed by atoms with Crippen LogP contribution in [-0.4, -0.2) is 71.6 Å². The molecule has 1 aliphatic heterocycles. The number of aliphatic hydroxyl groups is 1. The van der Waals surface area contributed by atoms with Crippen LogP contribution in [0.15, 0.2) is 42.5 Å². The Balaban J connectivity index is 1.52. The zero-order valence-corrected chi connectivity index (χ0v) is 24.6. The number of alkyl halides is 3. The molecule has 0 unspecified atom stereocenters. The van der Waals surface area contributed by atoms with Gasteiger partial charge in [-0.2, -0.15) is 13.2 Å². The van der Waals surface area contributed by atoms with Crippen LogP contribution in [-0.2, 0) is 11.0 Å². The summed E-state index contributed by atoms with van der Waals surface area (Å²) in [5.41, 5.74) is 0.0944. The van der Waals surface area contributed by atoms with Crippen LogP contribution in [0.5, 0.6) is 5.75 Å². The number of nitrogens with zero attached hydrogens (tertiary/aromatic N) is 2. The number of halogens is 3. The molecule has 0 spiro atoms. The van der Waals surface area contributed by atoms with Crippen LogP contribution in [0.1, 0.15) is 61.9 Å². The fourth-order valence-electron chi connectivity index (χ4n) is 5.44. The topological polar surface area (TPSA) is 111 Å². The van der Waals surface area contributed by atoms with Crippen LogP contribution in [0.3, 0.4) is 0 Å². The van der Waals surface area contributed by atoms with Crippen LogP contribution in [0, 0.1) is 11.8 Å². The third kappa shape index (κ3) is 7.98. The number of rotatable bonds is 7. The second-order valence-electron chi connectivity index (χ2n) is 11.5. The molecule has 1 saturated carbocycles. The molecule has 3 atom stereocenters. The molecule has 1 fully saturated rings. The van der Waals surface area contributed by atoms with E-state index in [4.69, 9.17) is 4.74 Å². The zero-order chi connectivity index (χ0) is 31.3. The zero-order valence-electron chi connectivity index (χ0n) is 24.6. The lowest BCUT2D eigenvalue weighted by atomic mass is 9.88. The Morgan fingerprint density at radius 1 is 1.07 bits per heavy atom. The van der Waals surface area contributed by atoms with E-state index in [-0.39, 0.29) is 60.3 Å². The van der Waals surface area contributed by atoms with Crippen molar-refractivity contribution in [2.24, 2.45) is 11.8 Å². The molecule has 43 heavy (non-hydrogen) atoms. The molecule has 1 heterocycles. The summed E-state index contributed by atoms with van der Waals surface area (Å²) in [5.74, 6) is -0.472. The first-order valence-corrected chi connectivity index (χ1v) is 14.6. The van der Waals surface area contributed by atoms with Crippen molar-refractivity contribution in [1.29, 1.82) is 0 Å².